The molecular weight excluding hydrogens is 332 g/mol. The van der Waals surface area contributed by atoms with Crippen LogP contribution in [0.1, 0.15) is 33.5 Å². The molecule has 0 spiro atoms. The van der Waals surface area contributed by atoms with Gasteiger partial charge in [-0.1, -0.05) is 24.3 Å². The highest BCUT2D eigenvalue weighted by Gasteiger charge is 2.40. The minimum absolute atomic E-state index is 0.182. The predicted molar refractivity (Wildman–Crippen MR) is 94.3 cm³/mol. The molecule has 0 aliphatic carbocycles. The Morgan fingerprint density at radius 3 is 2.35 bits per heavy atom. The number of imidazole rings is 1. The summed E-state index contributed by atoms with van der Waals surface area (Å²) in [7, 11) is 0. The SMILES string of the molecule is CC(C(=O)NCc1nc2ccccc2[nH]1)N1C(=O)c2ccccc2C1=O. The summed E-state index contributed by atoms with van der Waals surface area (Å²) in [6.45, 7) is 1.72. The number of nitrogens with zero attached hydrogens (tertiary/aromatic N) is 2. The van der Waals surface area contributed by atoms with E-state index in [9.17, 15) is 14.4 Å². The lowest BCUT2D eigenvalue weighted by molar-refractivity contribution is -0.124. The van der Waals surface area contributed by atoms with Gasteiger partial charge in [-0.15, -0.1) is 0 Å². The van der Waals surface area contributed by atoms with E-state index >= 15 is 0 Å². The molecule has 130 valence electrons. The molecule has 0 bridgehead atoms. The summed E-state index contributed by atoms with van der Waals surface area (Å²) in [6.07, 6.45) is 0. The number of H-pyrrole nitrogens is 1. The van der Waals surface area contributed by atoms with E-state index in [0.29, 0.717) is 17.0 Å². The molecule has 0 saturated heterocycles. The molecule has 4 rings (SSSR count). The number of aromatic nitrogens is 2. The van der Waals surface area contributed by atoms with E-state index in [1.165, 1.54) is 6.92 Å². The van der Waals surface area contributed by atoms with Gasteiger partial charge in [0.2, 0.25) is 5.91 Å². The van der Waals surface area contributed by atoms with Gasteiger partial charge in [0.1, 0.15) is 11.9 Å². The molecule has 1 atom stereocenters. The Morgan fingerprint density at radius 2 is 1.69 bits per heavy atom. The van der Waals surface area contributed by atoms with Crippen LogP contribution in [0.5, 0.6) is 0 Å². The number of fused-ring (bicyclic) bond motifs is 2. The zero-order valence-corrected chi connectivity index (χ0v) is 14.0. The molecule has 2 aromatic carbocycles. The Labute approximate surface area is 149 Å². The number of para-hydroxylation sites is 2. The number of rotatable bonds is 4. The first-order chi connectivity index (χ1) is 12.6. The fourth-order valence-corrected chi connectivity index (χ4v) is 3.08. The normalized spacial score (nSPS) is 14.6. The summed E-state index contributed by atoms with van der Waals surface area (Å²) >= 11 is 0. The largest absolute Gasteiger partial charge is 0.347 e. The van der Waals surface area contributed by atoms with Gasteiger partial charge >= 0.3 is 0 Å². The van der Waals surface area contributed by atoms with Crippen LogP contribution in [0.4, 0.5) is 0 Å². The maximum absolute atomic E-state index is 12.5. The second-order valence-corrected chi connectivity index (χ2v) is 6.12. The molecule has 1 aliphatic heterocycles. The third-order valence-electron chi connectivity index (χ3n) is 4.46. The Hall–Kier alpha value is -3.48. The van der Waals surface area contributed by atoms with E-state index in [1.807, 2.05) is 24.3 Å². The minimum atomic E-state index is -0.910. The number of nitrogens with one attached hydrogen (secondary N) is 2. The average Bonchev–Trinajstić information content (AvgIpc) is 3.18. The van der Waals surface area contributed by atoms with E-state index in [4.69, 9.17) is 0 Å². The van der Waals surface area contributed by atoms with Crippen LogP contribution in [0.3, 0.4) is 0 Å². The van der Waals surface area contributed by atoms with Crippen molar-refractivity contribution in [1.29, 1.82) is 0 Å². The Balaban J connectivity index is 1.47. The number of hydrogen-bond acceptors (Lipinski definition) is 4. The Kier molecular flexibility index (Phi) is 3.76. The van der Waals surface area contributed by atoms with Crippen molar-refractivity contribution < 1.29 is 14.4 Å². The topological polar surface area (TPSA) is 95.2 Å². The zero-order valence-electron chi connectivity index (χ0n) is 14.0. The van der Waals surface area contributed by atoms with Crippen molar-refractivity contribution in [3.05, 3.63) is 65.5 Å². The molecule has 7 nitrogen and oxygen atoms in total. The maximum Gasteiger partial charge on any atom is 0.262 e. The van der Waals surface area contributed by atoms with Gasteiger partial charge in [0.15, 0.2) is 0 Å². The van der Waals surface area contributed by atoms with E-state index in [1.54, 1.807) is 24.3 Å². The van der Waals surface area contributed by atoms with E-state index < -0.39 is 23.8 Å². The van der Waals surface area contributed by atoms with Crippen LogP contribution in [-0.2, 0) is 11.3 Å². The molecule has 3 amide bonds. The number of amides is 3. The lowest BCUT2D eigenvalue weighted by Crippen LogP contribution is -2.47. The van der Waals surface area contributed by atoms with Gasteiger partial charge < -0.3 is 10.3 Å². The summed E-state index contributed by atoms with van der Waals surface area (Å²) in [6, 6.07) is 13.2. The first-order valence-electron chi connectivity index (χ1n) is 8.24. The van der Waals surface area contributed by atoms with Crippen LogP contribution < -0.4 is 5.32 Å². The Morgan fingerprint density at radius 1 is 1.08 bits per heavy atom. The molecule has 0 fully saturated rings. The number of benzene rings is 2. The fraction of sp³-hybridized carbons (Fsp3) is 0.158. The number of aromatic amines is 1. The van der Waals surface area contributed by atoms with Gasteiger partial charge in [0.25, 0.3) is 11.8 Å². The number of carbonyl (C=O) groups is 3. The summed E-state index contributed by atoms with van der Waals surface area (Å²) in [5, 5.41) is 2.73. The third kappa shape index (κ3) is 2.54. The number of imide groups is 1. The third-order valence-corrected chi connectivity index (χ3v) is 4.46. The van der Waals surface area contributed by atoms with Gasteiger partial charge in [0.05, 0.1) is 28.7 Å². The Bertz CT molecular complexity index is 972. The molecule has 26 heavy (non-hydrogen) atoms. The first kappa shape index (κ1) is 16.0. The summed E-state index contributed by atoms with van der Waals surface area (Å²) in [4.78, 5) is 45.9. The maximum atomic E-state index is 12.5. The highest BCUT2D eigenvalue weighted by atomic mass is 16.2. The van der Waals surface area contributed by atoms with Crippen molar-refractivity contribution in [2.24, 2.45) is 0 Å². The van der Waals surface area contributed by atoms with Crippen LogP contribution in [0.2, 0.25) is 0 Å². The van der Waals surface area contributed by atoms with Gasteiger partial charge in [-0.05, 0) is 31.2 Å². The van der Waals surface area contributed by atoms with Crippen molar-refractivity contribution in [2.75, 3.05) is 0 Å². The average molecular weight is 348 g/mol. The smallest absolute Gasteiger partial charge is 0.262 e. The molecular formula is C19H16N4O3. The van der Waals surface area contributed by atoms with E-state index in [0.717, 1.165) is 15.9 Å². The monoisotopic (exact) mass is 348 g/mol. The van der Waals surface area contributed by atoms with Crippen molar-refractivity contribution in [3.63, 3.8) is 0 Å². The molecule has 2 heterocycles. The van der Waals surface area contributed by atoms with Crippen LogP contribution in [0.15, 0.2) is 48.5 Å². The number of carbonyl (C=O) groups excluding carboxylic acids is 3. The van der Waals surface area contributed by atoms with Crippen LogP contribution in [0.25, 0.3) is 11.0 Å². The van der Waals surface area contributed by atoms with Gasteiger partial charge in [-0.2, -0.15) is 0 Å². The minimum Gasteiger partial charge on any atom is -0.347 e. The predicted octanol–water partition coefficient (Wildman–Crippen LogP) is 1.86. The van der Waals surface area contributed by atoms with Crippen molar-refractivity contribution >= 4 is 28.8 Å². The number of hydrogen-bond donors (Lipinski definition) is 2. The van der Waals surface area contributed by atoms with Gasteiger partial charge in [-0.3, -0.25) is 19.3 Å². The first-order valence-corrected chi connectivity index (χ1v) is 8.24. The fourth-order valence-electron chi connectivity index (χ4n) is 3.08. The molecule has 3 aromatic rings. The van der Waals surface area contributed by atoms with Crippen molar-refractivity contribution in [2.45, 2.75) is 19.5 Å². The van der Waals surface area contributed by atoms with Crippen molar-refractivity contribution in [3.8, 4) is 0 Å². The highest BCUT2D eigenvalue weighted by molar-refractivity contribution is 6.22. The lowest BCUT2D eigenvalue weighted by Gasteiger charge is -2.21. The molecule has 0 radical (unpaired) electrons. The highest BCUT2D eigenvalue weighted by Crippen LogP contribution is 2.24. The molecule has 1 unspecified atom stereocenters. The molecule has 0 saturated carbocycles. The molecule has 7 heteroatoms. The molecule has 1 aliphatic rings. The van der Waals surface area contributed by atoms with E-state index in [2.05, 4.69) is 15.3 Å². The van der Waals surface area contributed by atoms with Crippen LogP contribution >= 0.6 is 0 Å². The second-order valence-electron chi connectivity index (χ2n) is 6.12. The second kappa shape index (κ2) is 6.11. The van der Waals surface area contributed by atoms with Gasteiger partial charge in [0, 0.05) is 0 Å². The van der Waals surface area contributed by atoms with E-state index in [-0.39, 0.29) is 6.54 Å². The van der Waals surface area contributed by atoms with Crippen molar-refractivity contribution in [1.82, 2.24) is 20.2 Å². The summed E-state index contributed by atoms with van der Waals surface area (Å²) in [5.41, 5.74) is 2.35. The summed E-state index contributed by atoms with van der Waals surface area (Å²) in [5.74, 6) is -0.706. The van der Waals surface area contributed by atoms with Crippen LogP contribution in [-0.4, -0.2) is 38.6 Å². The molecule has 1 aromatic heterocycles. The van der Waals surface area contributed by atoms with Crippen LogP contribution in [0, 0.1) is 0 Å². The lowest BCUT2D eigenvalue weighted by atomic mass is 10.1. The molecule has 2 N–H and O–H groups in total. The zero-order chi connectivity index (χ0) is 18.3. The quantitative estimate of drug-likeness (QED) is 0.704. The van der Waals surface area contributed by atoms with Gasteiger partial charge in [-0.25, -0.2) is 4.98 Å². The standard InChI is InChI=1S/C19H16N4O3/c1-11(23-18(25)12-6-2-3-7-13(12)19(23)26)17(24)20-10-16-21-14-8-4-5-9-15(14)22-16/h2-9,11H,10H2,1H3,(H,20,24)(H,21,22). The summed E-state index contributed by atoms with van der Waals surface area (Å²) < 4.78 is 0.